The number of rotatable bonds is 28. The lowest BCUT2D eigenvalue weighted by Gasteiger charge is -2.18. The molecule has 0 amide bonds. The molecule has 0 radical (unpaired) electrons. The summed E-state index contributed by atoms with van der Waals surface area (Å²) in [7, 11) is 0. The molecule has 0 aliphatic carbocycles. The number of allylic oxidation sites excluding steroid dienone is 1. The number of hydrogen-bond donors (Lipinski definition) is 0. The SMILES string of the molecule is CCCCCCCCCCCCC/C(C)=C/COC(=O)CCCCCCCC[C@H](C)C[C@H](C)CCC(C)C. The van der Waals surface area contributed by atoms with Gasteiger partial charge in [-0.05, 0) is 56.4 Å². The van der Waals surface area contributed by atoms with Gasteiger partial charge in [-0.2, -0.15) is 0 Å². The van der Waals surface area contributed by atoms with Crippen LogP contribution in [0, 0.1) is 17.8 Å². The smallest absolute Gasteiger partial charge is 0.306 e. The number of unbranched alkanes of at least 4 members (excludes halogenated alkanes) is 15. The molecule has 2 atom stereocenters. The Morgan fingerprint density at radius 2 is 1.08 bits per heavy atom. The van der Waals surface area contributed by atoms with Crippen LogP contribution in [-0.2, 0) is 9.53 Å². The van der Waals surface area contributed by atoms with Crippen molar-refractivity contribution in [2.24, 2.45) is 17.8 Å². The maximum absolute atomic E-state index is 12.0. The van der Waals surface area contributed by atoms with E-state index in [0.717, 1.165) is 37.0 Å². The summed E-state index contributed by atoms with van der Waals surface area (Å²) >= 11 is 0. The molecule has 0 aromatic heterocycles. The molecule has 0 aromatic carbocycles. The fourth-order valence-corrected chi connectivity index (χ4v) is 5.53. The Bertz CT molecular complexity index is 535. The highest BCUT2D eigenvalue weighted by atomic mass is 16.5. The summed E-state index contributed by atoms with van der Waals surface area (Å²) in [5.41, 5.74) is 1.37. The third-order valence-electron chi connectivity index (χ3n) is 8.22. The van der Waals surface area contributed by atoms with E-state index >= 15 is 0 Å². The molecule has 0 saturated carbocycles. The molecule has 226 valence electrons. The van der Waals surface area contributed by atoms with E-state index in [9.17, 15) is 4.79 Å². The van der Waals surface area contributed by atoms with E-state index in [1.807, 2.05) is 0 Å². The molecule has 0 aliphatic heterocycles. The van der Waals surface area contributed by atoms with Crippen LogP contribution in [0.1, 0.15) is 189 Å². The molecule has 0 N–H and O–H groups in total. The minimum atomic E-state index is -0.0239. The molecule has 0 fully saturated rings. The quantitative estimate of drug-likeness (QED) is 0.0566. The Kier molecular flexibility index (Phi) is 27.2. The largest absolute Gasteiger partial charge is 0.461 e. The monoisotopic (exact) mass is 535 g/mol. The second kappa shape index (κ2) is 27.8. The Hall–Kier alpha value is -0.790. The highest BCUT2D eigenvalue weighted by molar-refractivity contribution is 5.69. The van der Waals surface area contributed by atoms with Gasteiger partial charge in [-0.25, -0.2) is 0 Å². The number of carbonyl (C=O) groups is 1. The van der Waals surface area contributed by atoms with E-state index in [-0.39, 0.29) is 5.97 Å². The van der Waals surface area contributed by atoms with Gasteiger partial charge in [0.15, 0.2) is 0 Å². The standard InChI is InChI=1S/C36H70O2/c1-7-8-9-10-11-12-13-14-15-18-21-24-33(4)29-30-38-36(37)26-23-20-17-16-19-22-25-34(5)31-35(6)28-27-32(2)3/h29,32,34-35H,7-28,30-31H2,1-6H3/b33-29+/t34-,35+/m0/s1. The molecule has 0 aromatic rings. The van der Waals surface area contributed by atoms with E-state index in [0.29, 0.717) is 13.0 Å². The van der Waals surface area contributed by atoms with Crippen LogP contribution in [0.3, 0.4) is 0 Å². The predicted octanol–water partition coefficient (Wildman–Crippen LogP) is 12.4. The maximum Gasteiger partial charge on any atom is 0.306 e. The number of carbonyl (C=O) groups excluding carboxylic acids is 1. The normalized spacial score (nSPS) is 13.7. The number of esters is 1. The van der Waals surface area contributed by atoms with E-state index in [4.69, 9.17) is 4.74 Å². The van der Waals surface area contributed by atoms with Crippen molar-refractivity contribution in [2.45, 2.75) is 189 Å². The predicted molar refractivity (Wildman–Crippen MR) is 170 cm³/mol. The number of ether oxygens (including phenoxy) is 1. The first-order valence-corrected chi connectivity index (χ1v) is 17.2. The van der Waals surface area contributed by atoms with Crippen LogP contribution in [0.15, 0.2) is 11.6 Å². The molecule has 0 heterocycles. The minimum absolute atomic E-state index is 0.0239. The first-order chi connectivity index (χ1) is 18.3. The van der Waals surface area contributed by atoms with Gasteiger partial charge in [0.2, 0.25) is 0 Å². The molecule has 0 saturated heterocycles. The summed E-state index contributed by atoms with van der Waals surface area (Å²) in [5.74, 6) is 2.55. The lowest BCUT2D eigenvalue weighted by Crippen LogP contribution is -2.05. The second-order valence-electron chi connectivity index (χ2n) is 13.1. The summed E-state index contributed by atoms with van der Waals surface area (Å²) in [5, 5.41) is 0. The summed E-state index contributed by atoms with van der Waals surface area (Å²) in [4.78, 5) is 12.0. The molecule has 0 rings (SSSR count). The van der Waals surface area contributed by atoms with Crippen molar-refractivity contribution in [3.8, 4) is 0 Å². The van der Waals surface area contributed by atoms with Crippen molar-refractivity contribution in [1.29, 1.82) is 0 Å². The fourth-order valence-electron chi connectivity index (χ4n) is 5.53. The van der Waals surface area contributed by atoms with Crippen LogP contribution in [0.4, 0.5) is 0 Å². The van der Waals surface area contributed by atoms with Gasteiger partial charge in [0.05, 0.1) is 0 Å². The molecule has 0 spiro atoms. The Morgan fingerprint density at radius 3 is 1.63 bits per heavy atom. The van der Waals surface area contributed by atoms with Gasteiger partial charge in [-0.1, -0.05) is 156 Å². The van der Waals surface area contributed by atoms with Crippen molar-refractivity contribution >= 4 is 5.97 Å². The summed E-state index contributed by atoms with van der Waals surface area (Å²) < 4.78 is 5.44. The van der Waals surface area contributed by atoms with Gasteiger partial charge in [0.25, 0.3) is 0 Å². The Labute approximate surface area is 240 Å². The highest BCUT2D eigenvalue weighted by Crippen LogP contribution is 2.23. The van der Waals surface area contributed by atoms with Gasteiger partial charge in [0, 0.05) is 6.42 Å². The van der Waals surface area contributed by atoms with E-state index in [1.165, 1.54) is 128 Å². The topological polar surface area (TPSA) is 26.3 Å². The first-order valence-electron chi connectivity index (χ1n) is 17.2. The molecule has 0 aliphatic rings. The van der Waals surface area contributed by atoms with Crippen molar-refractivity contribution in [2.75, 3.05) is 6.61 Å². The highest BCUT2D eigenvalue weighted by Gasteiger charge is 2.09. The van der Waals surface area contributed by atoms with Gasteiger partial charge >= 0.3 is 5.97 Å². The number of hydrogen-bond acceptors (Lipinski definition) is 2. The van der Waals surface area contributed by atoms with Crippen molar-refractivity contribution < 1.29 is 9.53 Å². The average molecular weight is 535 g/mol. The fraction of sp³-hybridized carbons (Fsp3) is 0.917. The minimum Gasteiger partial charge on any atom is -0.461 e. The third kappa shape index (κ3) is 28.2. The molecule has 38 heavy (non-hydrogen) atoms. The van der Waals surface area contributed by atoms with Crippen LogP contribution in [0.25, 0.3) is 0 Å². The molecule has 2 nitrogen and oxygen atoms in total. The second-order valence-corrected chi connectivity index (χ2v) is 13.1. The third-order valence-corrected chi connectivity index (χ3v) is 8.22. The van der Waals surface area contributed by atoms with E-state index in [2.05, 4.69) is 47.6 Å². The summed E-state index contributed by atoms with van der Waals surface area (Å²) in [6.45, 7) is 14.5. The van der Waals surface area contributed by atoms with Crippen LogP contribution in [-0.4, -0.2) is 12.6 Å². The summed E-state index contributed by atoms with van der Waals surface area (Å²) in [6, 6.07) is 0. The molecular weight excluding hydrogens is 464 g/mol. The summed E-state index contributed by atoms with van der Waals surface area (Å²) in [6.07, 6.45) is 32.0. The van der Waals surface area contributed by atoms with Crippen molar-refractivity contribution in [3.05, 3.63) is 11.6 Å². The van der Waals surface area contributed by atoms with Crippen LogP contribution in [0.2, 0.25) is 0 Å². The molecule has 2 heteroatoms. The van der Waals surface area contributed by atoms with Gasteiger partial charge < -0.3 is 4.74 Å². The van der Waals surface area contributed by atoms with Crippen LogP contribution >= 0.6 is 0 Å². The van der Waals surface area contributed by atoms with E-state index in [1.54, 1.807) is 0 Å². The first kappa shape index (κ1) is 37.2. The Balaban J connectivity index is 3.50. The zero-order valence-corrected chi connectivity index (χ0v) is 27.1. The van der Waals surface area contributed by atoms with Crippen LogP contribution < -0.4 is 0 Å². The van der Waals surface area contributed by atoms with Gasteiger partial charge in [-0.3, -0.25) is 4.79 Å². The molecular formula is C36H70O2. The zero-order valence-electron chi connectivity index (χ0n) is 27.1. The average Bonchev–Trinajstić information content (AvgIpc) is 2.87. The lowest BCUT2D eigenvalue weighted by molar-refractivity contribution is -0.142. The maximum atomic E-state index is 12.0. The lowest BCUT2D eigenvalue weighted by atomic mass is 9.88. The Morgan fingerprint density at radius 1 is 0.605 bits per heavy atom. The zero-order chi connectivity index (χ0) is 28.3. The van der Waals surface area contributed by atoms with Crippen molar-refractivity contribution in [3.63, 3.8) is 0 Å². The van der Waals surface area contributed by atoms with Crippen molar-refractivity contribution in [1.82, 2.24) is 0 Å². The van der Waals surface area contributed by atoms with Gasteiger partial charge in [0.1, 0.15) is 6.61 Å². The van der Waals surface area contributed by atoms with E-state index < -0.39 is 0 Å². The molecule has 0 bridgehead atoms. The van der Waals surface area contributed by atoms with Gasteiger partial charge in [-0.15, -0.1) is 0 Å². The van der Waals surface area contributed by atoms with Crippen LogP contribution in [0.5, 0.6) is 0 Å². The molecule has 0 unspecified atom stereocenters.